The van der Waals surface area contributed by atoms with Crippen molar-refractivity contribution >= 4 is 18.1 Å². The maximum Gasteiger partial charge on any atom is 0.241 e. The third kappa shape index (κ3) is 3.54. The SMILES string of the molecule is Cc1cn[nH]c1CN1CCC2(C1)C(=O)N(/C(C=N)=C/O)Cc1cnc(NCC3CC3)nc12. The maximum atomic E-state index is 13.8. The molecule has 0 bridgehead atoms. The van der Waals surface area contributed by atoms with Crippen LogP contribution in [0.1, 0.15) is 41.8 Å². The third-order valence-electron chi connectivity index (χ3n) is 6.80. The van der Waals surface area contributed by atoms with Gasteiger partial charge in [0.25, 0.3) is 0 Å². The smallest absolute Gasteiger partial charge is 0.241 e. The minimum absolute atomic E-state index is 0.135. The Bertz CT molecular complexity index is 1080. The molecule has 0 aromatic carbocycles. The number of hydrogen-bond donors (Lipinski definition) is 4. The lowest BCUT2D eigenvalue weighted by Crippen LogP contribution is -2.52. The summed E-state index contributed by atoms with van der Waals surface area (Å²) in [4.78, 5) is 26.8. The van der Waals surface area contributed by atoms with Gasteiger partial charge in [0, 0.05) is 44.2 Å². The minimum atomic E-state index is -0.849. The van der Waals surface area contributed by atoms with Crippen molar-refractivity contribution in [3.63, 3.8) is 0 Å². The van der Waals surface area contributed by atoms with Crippen molar-refractivity contribution in [1.82, 2.24) is 30.0 Å². The quantitative estimate of drug-likeness (QED) is 0.384. The minimum Gasteiger partial charge on any atom is -0.513 e. The van der Waals surface area contributed by atoms with Gasteiger partial charge in [0.1, 0.15) is 11.7 Å². The number of anilines is 1. The standard InChI is InChI=1S/C22H28N8O2/c1-14-7-26-28-18(14)11-29-5-4-22(13-29)19-16(10-30(20(22)32)17(6-23)12-31)9-25-21(27-19)24-8-15-2-3-15/h6-7,9,12,15,23,31H,2-5,8,10-11,13H2,1H3,(H,26,28)(H,24,25,27)/b17-12+,23-6?. The van der Waals surface area contributed by atoms with Gasteiger partial charge in [-0.3, -0.25) is 14.8 Å². The number of aliphatic hydroxyl groups excluding tert-OH is 1. The highest BCUT2D eigenvalue weighted by Crippen LogP contribution is 2.42. The van der Waals surface area contributed by atoms with Crippen LogP contribution in [0.25, 0.3) is 0 Å². The predicted octanol–water partition coefficient (Wildman–Crippen LogP) is 1.86. The first kappa shape index (κ1) is 20.6. The van der Waals surface area contributed by atoms with Crippen LogP contribution in [0.4, 0.5) is 5.95 Å². The van der Waals surface area contributed by atoms with Gasteiger partial charge in [-0.05, 0) is 37.7 Å². The van der Waals surface area contributed by atoms with Crippen molar-refractivity contribution in [3.8, 4) is 0 Å². The van der Waals surface area contributed by atoms with Crippen LogP contribution in [0.2, 0.25) is 0 Å². The van der Waals surface area contributed by atoms with Crippen molar-refractivity contribution in [3.05, 3.63) is 46.9 Å². The summed E-state index contributed by atoms with van der Waals surface area (Å²) in [7, 11) is 0. The summed E-state index contributed by atoms with van der Waals surface area (Å²) in [5, 5.41) is 27.8. The molecule has 1 spiro atoms. The summed E-state index contributed by atoms with van der Waals surface area (Å²) in [6.07, 6.45) is 8.48. The number of H-pyrrole nitrogens is 1. The molecule has 1 saturated carbocycles. The molecule has 4 N–H and O–H groups in total. The van der Waals surface area contributed by atoms with E-state index in [0.29, 0.717) is 31.4 Å². The van der Waals surface area contributed by atoms with Crippen molar-refractivity contribution in [2.45, 2.75) is 44.7 Å². The van der Waals surface area contributed by atoms with Gasteiger partial charge in [-0.1, -0.05) is 0 Å². The van der Waals surface area contributed by atoms with Crippen LogP contribution in [0.5, 0.6) is 0 Å². The lowest BCUT2D eigenvalue weighted by atomic mass is 9.77. The molecule has 2 aromatic heterocycles. The number of hydrogen-bond acceptors (Lipinski definition) is 8. The first-order valence-corrected chi connectivity index (χ1v) is 11.0. The van der Waals surface area contributed by atoms with Crippen LogP contribution in [-0.4, -0.2) is 66.8 Å². The van der Waals surface area contributed by atoms with Crippen molar-refractivity contribution in [2.24, 2.45) is 5.92 Å². The molecule has 1 saturated heterocycles. The van der Waals surface area contributed by atoms with Crippen molar-refractivity contribution < 1.29 is 9.90 Å². The molecule has 32 heavy (non-hydrogen) atoms. The van der Waals surface area contributed by atoms with Gasteiger partial charge in [-0.15, -0.1) is 0 Å². The molecule has 168 valence electrons. The van der Waals surface area contributed by atoms with Gasteiger partial charge >= 0.3 is 0 Å². The third-order valence-corrected chi connectivity index (χ3v) is 6.80. The molecule has 0 radical (unpaired) electrons. The summed E-state index contributed by atoms with van der Waals surface area (Å²) in [6.45, 7) is 5.00. The number of aliphatic hydroxyl groups is 1. The van der Waals surface area contributed by atoms with Crippen molar-refractivity contribution in [1.29, 1.82) is 5.41 Å². The van der Waals surface area contributed by atoms with Crippen LogP contribution in [0.15, 0.2) is 24.4 Å². The molecule has 1 aliphatic carbocycles. The Morgan fingerprint density at radius 1 is 1.44 bits per heavy atom. The average molecular weight is 437 g/mol. The number of carbonyl (C=O) groups excluding carboxylic acids is 1. The molecule has 1 unspecified atom stereocenters. The first-order chi connectivity index (χ1) is 15.5. The number of allylic oxidation sites excluding steroid dienone is 1. The Morgan fingerprint density at radius 2 is 2.28 bits per heavy atom. The predicted molar refractivity (Wildman–Crippen MR) is 118 cm³/mol. The Balaban J connectivity index is 1.49. The van der Waals surface area contributed by atoms with E-state index in [-0.39, 0.29) is 18.1 Å². The number of rotatable bonds is 7. The number of carbonyl (C=O) groups is 1. The van der Waals surface area contributed by atoms with E-state index in [1.165, 1.54) is 17.7 Å². The van der Waals surface area contributed by atoms with E-state index in [2.05, 4.69) is 25.4 Å². The lowest BCUT2D eigenvalue weighted by Gasteiger charge is -2.40. The highest BCUT2D eigenvalue weighted by atomic mass is 16.2. The number of nitrogens with zero attached hydrogens (tertiary/aromatic N) is 5. The Hall–Kier alpha value is -3.27. The summed E-state index contributed by atoms with van der Waals surface area (Å²) >= 11 is 0. The molecule has 2 fully saturated rings. The fraction of sp³-hybridized carbons (Fsp3) is 0.500. The molecule has 1 amide bonds. The zero-order valence-electron chi connectivity index (χ0n) is 18.1. The monoisotopic (exact) mass is 436 g/mol. The van der Waals surface area contributed by atoms with E-state index in [0.717, 1.165) is 48.1 Å². The van der Waals surface area contributed by atoms with Crippen LogP contribution in [-0.2, 0) is 23.3 Å². The zero-order chi connectivity index (χ0) is 22.3. The van der Waals surface area contributed by atoms with E-state index in [1.807, 2.05) is 6.92 Å². The van der Waals surface area contributed by atoms with Gasteiger partial charge in [0.2, 0.25) is 11.9 Å². The Kier molecular flexibility index (Phi) is 5.16. The second-order valence-electron chi connectivity index (χ2n) is 9.06. The molecule has 4 heterocycles. The molecule has 2 aliphatic heterocycles. The van der Waals surface area contributed by atoms with E-state index < -0.39 is 5.41 Å². The number of fused-ring (bicyclic) bond motifs is 2. The fourth-order valence-corrected chi connectivity index (χ4v) is 4.72. The topological polar surface area (TPSA) is 134 Å². The number of nitrogens with one attached hydrogen (secondary N) is 3. The van der Waals surface area contributed by atoms with E-state index in [1.54, 1.807) is 12.4 Å². The molecule has 1 atom stereocenters. The van der Waals surface area contributed by atoms with Crippen LogP contribution < -0.4 is 5.32 Å². The second-order valence-corrected chi connectivity index (χ2v) is 9.06. The summed E-state index contributed by atoms with van der Waals surface area (Å²) in [5.74, 6) is 1.11. The highest BCUT2D eigenvalue weighted by Gasteiger charge is 2.53. The molecule has 2 aromatic rings. The van der Waals surface area contributed by atoms with Gasteiger partial charge in [0.15, 0.2) is 0 Å². The molecule has 3 aliphatic rings. The number of aromatic nitrogens is 4. The summed E-state index contributed by atoms with van der Waals surface area (Å²) in [5.41, 5.74) is 3.05. The lowest BCUT2D eigenvalue weighted by molar-refractivity contribution is -0.136. The average Bonchev–Trinajstić information content (AvgIpc) is 3.41. The summed E-state index contributed by atoms with van der Waals surface area (Å²) < 4.78 is 0. The normalized spacial score (nSPS) is 23.6. The van der Waals surface area contributed by atoms with Gasteiger partial charge in [-0.2, -0.15) is 5.10 Å². The van der Waals surface area contributed by atoms with Gasteiger partial charge < -0.3 is 20.7 Å². The number of aryl methyl sites for hydroxylation is 1. The first-order valence-electron chi connectivity index (χ1n) is 11.0. The van der Waals surface area contributed by atoms with E-state index in [9.17, 15) is 9.90 Å². The zero-order valence-corrected chi connectivity index (χ0v) is 18.1. The largest absolute Gasteiger partial charge is 0.513 e. The van der Waals surface area contributed by atoms with Crippen LogP contribution in [0, 0.1) is 18.3 Å². The molecular formula is C22H28N8O2. The Labute approximate surface area is 186 Å². The van der Waals surface area contributed by atoms with Gasteiger partial charge in [0.05, 0.1) is 29.8 Å². The highest BCUT2D eigenvalue weighted by molar-refractivity contribution is 5.95. The summed E-state index contributed by atoms with van der Waals surface area (Å²) in [6, 6.07) is 0. The number of likely N-dealkylation sites (tertiary alicyclic amines) is 1. The molecule has 10 heteroatoms. The van der Waals surface area contributed by atoms with Crippen LogP contribution >= 0.6 is 0 Å². The number of aromatic amines is 1. The Morgan fingerprint density at radius 3 is 2.97 bits per heavy atom. The maximum absolute atomic E-state index is 13.8. The number of amides is 1. The molecular weight excluding hydrogens is 408 g/mol. The molecule has 5 rings (SSSR count). The van der Waals surface area contributed by atoms with Crippen LogP contribution in [0.3, 0.4) is 0 Å². The molecule has 10 nitrogen and oxygen atoms in total. The second kappa shape index (κ2) is 8.01. The van der Waals surface area contributed by atoms with E-state index >= 15 is 0 Å². The fourth-order valence-electron chi connectivity index (χ4n) is 4.72. The van der Waals surface area contributed by atoms with Crippen molar-refractivity contribution in [2.75, 3.05) is 25.0 Å². The van der Waals surface area contributed by atoms with E-state index in [4.69, 9.17) is 10.4 Å². The van der Waals surface area contributed by atoms with Gasteiger partial charge in [-0.25, -0.2) is 9.97 Å².